The van der Waals surface area contributed by atoms with Crippen LogP contribution in [0.2, 0.25) is 0 Å². The summed E-state index contributed by atoms with van der Waals surface area (Å²) in [4.78, 5) is 0. The van der Waals surface area contributed by atoms with Crippen LogP contribution in [-0.4, -0.2) is 44.2 Å². The molecule has 0 aliphatic carbocycles. The van der Waals surface area contributed by atoms with Crippen molar-refractivity contribution in [3.63, 3.8) is 0 Å². The molecule has 168 valence electrons. The Labute approximate surface area is 190 Å². The van der Waals surface area contributed by atoms with Crippen LogP contribution in [0.3, 0.4) is 0 Å². The molecule has 0 radical (unpaired) electrons. The summed E-state index contributed by atoms with van der Waals surface area (Å²) < 4.78 is 17.0. The van der Waals surface area contributed by atoms with E-state index in [-0.39, 0.29) is 18.1 Å². The molecule has 3 atom stereocenters. The van der Waals surface area contributed by atoms with Gasteiger partial charge in [0.15, 0.2) is 0 Å². The van der Waals surface area contributed by atoms with Crippen LogP contribution >= 0.6 is 0 Å². The number of aliphatic hydroxyl groups excluding tert-OH is 1. The van der Waals surface area contributed by atoms with Gasteiger partial charge in [-0.1, -0.05) is 60.7 Å². The lowest BCUT2D eigenvalue weighted by Crippen LogP contribution is -2.50. The molecule has 0 spiro atoms. The molecule has 2 N–H and O–H groups in total. The average Bonchev–Trinajstić information content (AvgIpc) is 2.85. The third-order valence-corrected chi connectivity index (χ3v) is 6.10. The van der Waals surface area contributed by atoms with Crippen molar-refractivity contribution in [2.75, 3.05) is 20.8 Å². The zero-order chi connectivity index (χ0) is 22.3. The Morgan fingerprint density at radius 1 is 0.906 bits per heavy atom. The van der Waals surface area contributed by atoms with Crippen LogP contribution in [0.4, 0.5) is 0 Å². The third kappa shape index (κ3) is 5.30. The Morgan fingerprint density at radius 2 is 1.47 bits per heavy atom. The van der Waals surface area contributed by atoms with Crippen LogP contribution in [0.25, 0.3) is 0 Å². The van der Waals surface area contributed by atoms with Crippen molar-refractivity contribution in [3.8, 4) is 11.5 Å². The third-order valence-electron chi connectivity index (χ3n) is 6.10. The summed E-state index contributed by atoms with van der Waals surface area (Å²) in [6.45, 7) is 1.03. The SMILES string of the molecule is COc1cc(CN[C@@H]2CO[C@H](C(c3ccccc3)c3ccccc3)C[C@H]2O)cc(OC)c1. The van der Waals surface area contributed by atoms with E-state index in [2.05, 4.69) is 53.8 Å². The highest BCUT2D eigenvalue weighted by Gasteiger charge is 2.35. The maximum atomic E-state index is 11.0. The van der Waals surface area contributed by atoms with Gasteiger partial charge < -0.3 is 24.6 Å². The molecule has 0 aromatic heterocycles. The fraction of sp³-hybridized carbons (Fsp3) is 0.333. The summed E-state index contributed by atoms with van der Waals surface area (Å²) in [5.41, 5.74) is 3.43. The van der Waals surface area contributed by atoms with E-state index in [9.17, 15) is 5.11 Å². The topological polar surface area (TPSA) is 60.0 Å². The summed E-state index contributed by atoms with van der Waals surface area (Å²) >= 11 is 0. The van der Waals surface area contributed by atoms with Crippen LogP contribution in [0.15, 0.2) is 78.9 Å². The molecule has 1 aliphatic heterocycles. The van der Waals surface area contributed by atoms with Crippen LogP contribution in [0.5, 0.6) is 11.5 Å². The predicted octanol–water partition coefficient (Wildman–Crippen LogP) is 4.14. The first-order valence-electron chi connectivity index (χ1n) is 11.0. The van der Waals surface area contributed by atoms with E-state index in [1.54, 1.807) is 14.2 Å². The highest BCUT2D eigenvalue weighted by Crippen LogP contribution is 2.34. The van der Waals surface area contributed by atoms with Gasteiger partial charge in [-0.05, 0) is 28.8 Å². The zero-order valence-corrected chi connectivity index (χ0v) is 18.6. The maximum Gasteiger partial charge on any atom is 0.122 e. The van der Waals surface area contributed by atoms with E-state index in [4.69, 9.17) is 14.2 Å². The first-order chi connectivity index (χ1) is 15.7. The minimum absolute atomic E-state index is 0.0793. The zero-order valence-electron chi connectivity index (χ0n) is 18.6. The highest BCUT2D eigenvalue weighted by atomic mass is 16.5. The van der Waals surface area contributed by atoms with Crippen molar-refractivity contribution in [2.24, 2.45) is 0 Å². The van der Waals surface area contributed by atoms with Crippen LogP contribution in [0, 0.1) is 0 Å². The molecule has 1 aliphatic rings. The second-order valence-corrected chi connectivity index (χ2v) is 8.18. The Hall–Kier alpha value is -2.86. The molecule has 3 aromatic carbocycles. The number of aliphatic hydroxyl groups is 1. The van der Waals surface area contributed by atoms with Crippen molar-refractivity contribution >= 4 is 0 Å². The fourth-order valence-electron chi connectivity index (χ4n) is 4.40. The molecule has 0 amide bonds. The molecular weight excluding hydrogens is 402 g/mol. The van der Waals surface area contributed by atoms with E-state index in [0.29, 0.717) is 19.6 Å². The Balaban J connectivity index is 1.44. The summed E-state index contributed by atoms with van der Waals surface area (Å²) in [6.07, 6.45) is -0.0333. The van der Waals surface area contributed by atoms with E-state index in [1.165, 1.54) is 11.1 Å². The van der Waals surface area contributed by atoms with Gasteiger partial charge in [0.1, 0.15) is 11.5 Å². The Bertz CT molecular complexity index is 918. The minimum Gasteiger partial charge on any atom is -0.497 e. The Morgan fingerprint density at radius 3 is 1.97 bits per heavy atom. The van der Waals surface area contributed by atoms with E-state index < -0.39 is 6.10 Å². The van der Waals surface area contributed by atoms with E-state index >= 15 is 0 Å². The lowest BCUT2D eigenvalue weighted by Gasteiger charge is -2.38. The highest BCUT2D eigenvalue weighted by molar-refractivity contribution is 5.38. The molecule has 0 saturated carbocycles. The summed E-state index contributed by atoms with van der Waals surface area (Å²) in [7, 11) is 3.28. The van der Waals surface area contributed by atoms with Gasteiger partial charge in [0.05, 0.1) is 39.1 Å². The van der Waals surface area contributed by atoms with E-state index in [0.717, 1.165) is 17.1 Å². The predicted molar refractivity (Wildman–Crippen MR) is 125 cm³/mol. The van der Waals surface area contributed by atoms with Gasteiger partial charge in [0, 0.05) is 24.9 Å². The summed E-state index contributed by atoms with van der Waals surface area (Å²) in [6, 6.07) is 26.4. The van der Waals surface area contributed by atoms with Gasteiger partial charge >= 0.3 is 0 Å². The maximum absolute atomic E-state index is 11.0. The smallest absolute Gasteiger partial charge is 0.122 e. The molecule has 0 bridgehead atoms. The second kappa shape index (κ2) is 10.6. The molecule has 0 unspecified atom stereocenters. The first-order valence-corrected chi connectivity index (χ1v) is 11.0. The Kier molecular flexibility index (Phi) is 7.43. The normalized spacial score (nSPS) is 20.8. The summed E-state index contributed by atoms with van der Waals surface area (Å²) in [5.74, 6) is 1.57. The molecule has 1 heterocycles. The molecule has 32 heavy (non-hydrogen) atoms. The fourth-order valence-corrected chi connectivity index (χ4v) is 4.40. The number of hydrogen-bond acceptors (Lipinski definition) is 5. The lowest BCUT2D eigenvalue weighted by molar-refractivity contribution is -0.0718. The van der Waals surface area contributed by atoms with Gasteiger partial charge in [0.2, 0.25) is 0 Å². The van der Waals surface area contributed by atoms with Crippen molar-refractivity contribution < 1.29 is 19.3 Å². The molecule has 4 rings (SSSR count). The van der Waals surface area contributed by atoms with Crippen molar-refractivity contribution in [3.05, 3.63) is 95.6 Å². The van der Waals surface area contributed by atoms with Gasteiger partial charge in [-0.2, -0.15) is 0 Å². The van der Waals surface area contributed by atoms with E-state index in [1.807, 2.05) is 30.3 Å². The molecule has 3 aromatic rings. The van der Waals surface area contributed by atoms with Crippen molar-refractivity contribution in [1.82, 2.24) is 5.32 Å². The van der Waals surface area contributed by atoms with Crippen molar-refractivity contribution in [2.45, 2.75) is 37.1 Å². The number of ether oxygens (including phenoxy) is 3. The quantitative estimate of drug-likeness (QED) is 0.559. The largest absolute Gasteiger partial charge is 0.497 e. The number of rotatable bonds is 8. The summed E-state index contributed by atoms with van der Waals surface area (Å²) in [5, 5.41) is 14.4. The average molecular weight is 434 g/mol. The number of benzene rings is 3. The number of hydrogen-bond donors (Lipinski definition) is 2. The second-order valence-electron chi connectivity index (χ2n) is 8.18. The molecular formula is C27H31NO4. The van der Waals surface area contributed by atoms with Gasteiger partial charge in [-0.3, -0.25) is 0 Å². The minimum atomic E-state index is -0.504. The monoisotopic (exact) mass is 433 g/mol. The van der Waals surface area contributed by atoms with Gasteiger partial charge in [-0.25, -0.2) is 0 Å². The number of nitrogens with one attached hydrogen (secondary N) is 1. The van der Waals surface area contributed by atoms with Crippen LogP contribution in [0.1, 0.15) is 29.0 Å². The molecule has 5 heteroatoms. The standard InChI is InChI=1S/C27H31NO4/c1-30-22-13-19(14-23(15-22)31-2)17-28-24-18-32-26(16-25(24)29)27(20-9-5-3-6-10-20)21-11-7-4-8-12-21/h3-15,24-29H,16-18H2,1-2H3/t24-,25-,26+/m1/s1. The van der Waals surface area contributed by atoms with Gasteiger partial charge in [0.25, 0.3) is 0 Å². The lowest BCUT2D eigenvalue weighted by atomic mass is 9.82. The molecule has 1 fully saturated rings. The van der Waals surface area contributed by atoms with Gasteiger partial charge in [-0.15, -0.1) is 0 Å². The first kappa shape index (κ1) is 22.3. The van der Waals surface area contributed by atoms with Crippen LogP contribution in [-0.2, 0) is 11.3 Å². The molecule has 5 nitrogen and oxygen atoms in total. The molecule has 1 saturated heterocycles. The number of methoxy groups -OCH3 is 2. The van der Waals surface area contributed by atoms with Crippen LogP contribution < -0.4 is 14.8 Å². The van der Waals surface area contributed by atoms with Crippen molar-refractivity contribution in [1.29, 1.82) is 0 Å².